The van der Waals surface area contributed by atoms with Crippen LogP contribution in [0.15, 0.2) is 17.1 Å². The second-order valence-corrected chi connectivity index (χ2v) is 5.52. The van der Waals surface area contributed by atoms with E-state index < -0.39 is 36.1 Å². The van der Waals surface area contributed by atoms with E-state index in [1.54, 1.807) is 0 Å². The number of anilines is 1. The van der Waals surface area contributed by atoms with E-state index in [2.05, 4.69) is 10.3 Å². The van der Waals surface area contributed by atoms with E-state index in [1.165, 1.54) is 33.0 Å². The van der Waals surface area contributed by atoms with Crippen molar-refractivity contribution in [2.24, 2.45) is 0 Å². The van der Waals surface area contributed by atoms with Gasteiger partial charge < -0.3 is 19.5 Å². The summed E-state index contributed by atoms with van der Waals surface area (Å²) in [5, 5.41) is 2.40. The fourth-order valence-electron chi connectivity index (χ4n) is 2.45. The monoisotopic (exact) mass is 353 g/mol. The van der Waals surface area contributed by atoms with E-state index >= 15 is 0 Å². The second-order valence-electron chi connectivity index (χ2n) is 5.52. The fraction of sp³-hybridized carbons (Fsp3) is 0.533. The topological polar surface area (TPSA) is 126 Å². The average molecular weight is 353 g/mol. The zero-order valence-electron chi connectivity index (χ0n) is 14.1. The van der Waals surface area contributed by atoms with Crippen molar-refractivity contribution in [2.75, 3.05) is 11.9 Å². The Balaban J connectivity index is 2.21. The van der Waals surface area contributed by atoms with Crippen molar-refractivity contribution >= 4 is 23.7 Å². The number of hydrogen-bond donors (Lipinski definition) is 1. The summed E-state index contributed by atoms with van der Waals surface area (Å²) in [4.78, 5) is 49.2. The minimum atomic E-state index is -0.907. The molecule has 10 nitrogen and oxygen atoms in total. The molecule has 0 unspecified atom stereocenters. The maximum Gasteiger partial charge on any atom is 0.351 e. The quantitative estimate of drug-likeness (QED) is 0.732. The van der Waals surface area contributed by atoms with Crippen molar-refractivity contribution in [1.82, 2.24) is 9.55 Å². The van der Waals surface area contributed by atoms with Crippen LogP contribution in [0.5, 0.6) is 0 Å². The molecule has 1 fully saturated rings. The highest BCUT2D eigenvalue weighted by Gasteiger charge is 2.39. The van der Waals surface area contributed by atoms with Gasteiger partial charge in [0.25, 0.3) is 0 Å². The summed E-state index contributed by atoms with van der Waals surface area (Å²) in [7, 11) is 0. The van der Waals surface area contributed by atoms with Crippen LogP contribution in [0.4, 0.5) is 5.82 Å². The number of amides is 1. The molecule has 1 amide bonds. The molecular formula is C15H19N3O7. The van der Waals surface area contributed by atoms with Gasteiger partial charge in [0, 0.05) is 33.4 Å². The minimum absolute atomic E-state index is 0.0181. The Kier molecular flexibility index (Phi) is 5.86. The molecule has 1 aliphatic heterocycles. The molecule has 1 N–H and O–H groups in total. The summed E-state index contributed by atoms with van der Waals surface area (Å²) < 4.78 is 17.0. The van der Waals surface area contributed by atoms with E-state index in [0.717, 1.165) is 4.57 Å². The zero-order chi connectivity index (χ0) is 18.6. The highest BCUT2D eigenvalue weighted by atomic mass is 16.6. The molecule has 0 aliphatic carbocycles. The number of rotatable bonds is 5. The Bertz CT molecular complexity index is 730. The molecule has 1 aromatic rings. The van der Waals surface area contributed by atoms with Crippen molar-refractivity contribution in [1.29, 1.82) is 0 Å². The summed E-state index contributed by atoms with van der Waals surface area (Å²) in [5.41, 5.74) is -0.679. The first-order valence-electron chi connectivity index (χ1n) is 7.59. The number of nitrogens with one attached hydrogen (secondary N) is 1. The molecule has 25 heavy (non-hydrogen) atoms. The van der Waals surface area contributed by atoms with E-state index in [0.29, 0.717) is 0 Å². The lowest BCUT2D eigenvalue weighted by Gasteiger charge is -2.20. The Hall–Kier alpha value is -2.75. The number of carbonyl (C=O) groups excluding carboxylic acids is 3. The van der Waals surface area contributed by atoms with Gasteiger partial charge in [-0.15, -0.1) is 0 Å². The van der Waals surface area contributed by atoms with Gasteiger partial charge in [0.1, 0.15) is 18.5 Å². The molecule has 1 aliphatic rings. The summed E-state index contributed by atoms with van der Waals surface area (Å²) in [5.74, 6) is -1.24. The number of nitrogens with zero attached hydrogens (tertiary/aromatic N) is 2. The standard InChI is InChI=1S/C15H19N3O7/c1-8(19)16-13-4-5-18(15(22)17-13)14-12(24-10(3)21)6-11(25-14)7-23-9(2)20/h4-5,11-12,14H,6-7H2,1-3H3,(H,16,17,19,22)/t11-,12-,14+/m0/s1. The number of aromatic nitrogens is 2. The van der Waals surface area contributed by atoms with E-state index in [4.69, 9.17) is 14.2 Å². The van der Waals surface area contributed by atoms with Crippen LogP contribution in [0.1, 0.15) is 33.4 Å². The van der Waals surface area contributed by atoms with Crippen molar-refractivity contribution in [3.8, 4) is 0 Å². The molecular weight excluding hydrogens is 334 g/mol. The van der Waals surface area contributed by atoms with Gasteiger partial charge in [-0.2, -0.15) is 4.98 Å². The van der Waals surface area contributed by atoms with Crippen LogP contribution < -0.4 is 11.0 Å². The maximum absolute atomic E-state index is 12.2. The third-order valence-corrected chi connectivity index (χ3v) is 3.34. The maximum atomic E-state index is 12.2. The second kappa shape index (κ2) is 7.88. The van der Waals surface area contributed by atoms with Crippen molar-refractivity contribution in [3.05, 3.63) is 22.7 Å². The van der Waals surface area contributed by atoms with Crippen molar-refractivity contribution in [3.63, 3.8) is 0 Å². The van der Waals surface area contributed by atoms with Crippen LogP contribution in [-0.4, -0.2) is 46.2 Å². The normalized spacial score (nSPS) is 22.3. The highest BCUT2D eigenvalue weighted by molar-refractivity contribution is 5.87. The lowest BCUT2D eigenvalue weighted by atomic mass is 10.2. The lowest BCUT2D eigenvalue weighted by Crippen LogP contribution is -2.34. The third kappa shape index (κ3) is 5.11. The molecule has 0 aromatic carbocycles. The lowest BCUT2D eigenvalue weighted by molar-refractivity contribution is -0.153. The van der Waals surface area contributed by atoms with Crippen molar-refractivity contribution < 1.29 is 28.6 Å². The SMILES string of the molecule is CC(=O)Nc1ccn([C@@H]2O[C@H](COC(C)=O)C[C@@H]2OC(C)=O)c(=O)n1. The van der Waals surface area contributed by atoms with Gasteiger partial charge in [0.2, 0.25) is 5.91 Å². The first-order valence-corrected chi connectivity index (χ1v) is 7.59. The van der Waals surface area contributed by atoms with Crippen LogP contribution in [0.2, 0.25) is 0 Å². The Morgan fingerprint density at radius 2 is 2.04 bits per heavy atom. The van der Waals surface area contributed by atoms with Gasteiger partial charge in [-0.05, 0) is 6.07 Å². The number of ether oxygens (including phenoxy) is 3. The molecule has 0 spiro atoms. The Labute approximate surface area is 143 Å². The molecule has 2 rings (SSSR count). The van der Waals surface area contributed by atoms with Crippen molar-refractivity contribution in [2.45, 2.75) is 45.6 Å². The van der Waals surface area contributed by atoms with Crippen LogP contribution in [0.3, 0.4) is 0 Å². The third-order valence-electron chi connectivity index (χ3n) is 3.34. The highest BCUT2D eigenvalue weighted by Crippen LogP contribution is 2.30. The molecule has 0 radical (unpaired) electrons. The number of hydrogen-bond acceptors (Lipinski definition) is 8. The van der Waals surface area contributed by atoms with Gasteiger partial charge in [0.15, 0.2) is 6.23 Å². The molecule has 1 aromatic heterocycles. The largest absolute Gasteiger partial charge is 0.463 e. The molecule has 136 valence electrons. The predicted octanol–water partition coefficient (Wildman–Crippen LogP) is -0.0160. The molecule has 1 saturated heterocycles. The fourth-order valence-corrected chi connectivity index (χ4v) is 2.45. The van der Waals surface area contributed by atoms with Gasteiger partial charge >= 0.3 is 17.6 Å². The van der Waals surface area contributed by atoms with Crippen LogP contribution >= 0.6 is 0 Å². The van der Waals surface area contributed by atoms with Crippen LogP contribution in [-0.2, 0) is 28.6 Å². The Morgan fingerprint density at radius 1 is 1.32 bits per heavy atom. The van der Waals surface area contributed by atoms with E-state index in [1.807, 2.05) is 0 Å². The van der Waals surface area contributed by atoms with Crippen LogP contribution in [0, 0.1) is 0 Å². The van der Waals surface area contributed by atoms with Gasteiger partial charge in [-0.1, -0.05) is 0 Å². The first-order chi connectivity index (χ1) is 11.8. The van der Waals surface area contributed by atoms with E-state index in [-0.39, 0.29) is 24.8 Å². The summed E-state index contributed by atoms with van der Waals surface area (Å²) in [6.45, 7) is 3.79. The molecule has 0 saturated carbocycles. The summed E-state index contributed by atoms with van der Waals surface area (Å²) in [6, 6.07) is 1.43. The van der Waals surface area contributed by atoms with E-state index in [9.17, 15) is 19.2 Å². The summed E-state index contributed by atoms with van der Waals surface area (Å²) in [6.07, 6.45) is -0.520. The first kappa shape index (κ1) is 18.6. The zero-order valence-corrected chi connectivity index (χ0v) is 14.1. The molecule has 3 atom stereocenters. The average Bonchev–Trinajstić information content (AvgIpc) is 2.86. The summed E-state index contributed by atoms with van der Waals surface area (Å²) >= 11 is 0. The molecule has 0 bridgehead atoms. The Morgan fingerprint density at radius 3 is 2.60 bits per heavy atom. The number of esters is 2. The molecule has 2 heterocycles. The number of carbonyl (C=O) groups is 3. The van der Waals surface area contributed by atoms with Gasteiger partial charge in [-0.3, -0.25) is 19.0 Å². The minimum Gasteiger partial charge on any atom is -0.463 e. The molecule has 10 heteroatoms. The van der Waals surface area contributed by atoms with Crippen LogP contribution in [0.25, 0.3) is 0 Å². The van der Waals surface area contributed by atoms with Gasteiger partial charge in [0.05, 0.1) is 6.10 Å². The smallest absolute Gasteiger partial charge is 0.351 e. The van der Waals surface area contributed by atoms with Gasteiger partial charge in [-0.25, -0.2) is 4.79 Å². The predicted molar refractivity (Wildman–Crippen MR) is 83.5 cm³/mol.